The molecule has 12 heteroatoms. The summed E-state index contributed by atoms with van der Waals surface area (Å²) in [5.41, 5.74) is 0.908. The summed E-state index contributed by atoms with van der Waals surface area (Å²) in [5, 5.41) is 19.3. The summed E-state index contributed by atoms with van der Waals surface area (Å²) in [4.78, 5) is 13.2. The van der Waals surface area contributed by atoms with Crippen molar-refractivity contribution >= 4 is 22.3 Å². The fourth-order valence-electron chi connectivity index (χ4n) is 2.74. The smallest absolute Gasteiger partial charge is 0.860 e. The Balaban J connectivity index is 0.00000132. The number of carbonyl (C=O) groups is 1. The van der Waals surface area contributed by atoms with Crippen molar-refractivity contribution in [2.24, 2.45) is 0 Å². The standard InChI is InChI=1S/C11H11N3O6S.2Na/c12-10(15)9-7-4-2-1-3-6(7)8-5-13(9)11(16)14(8)20-21(17,18)19;;/h1-4,8-9H,5H2,(H2,12,15)(H,17,18,19);;/q;2*+1/p-2/t8-,9+;;/m0../s1. The van der Waals surface area contributed by atoms with Gasteiger partial charge in [0.1, 0.15) is 6.04 Å². The van der Waals surface area contributed by atoms with E-state index in [0.29, 0.717) is 16.2 Å². The van der Waals surface area contributed by atoms with Crippen LogP contribution in [-0.2, 0) is 14.7 Å². The van der Waals surface area contributed by atoms with Crippen LogP contribution in [0.3, 0.4) is 0 Å². The maximum absolute atomic E-state index is 12.1. The molecule has 2 aliphatic heterocycles. The summed E-state index contributed by atoms with van der Waals surface area (Å²) in [6, 6.07) is 3.59. The molecular weight excluding hydrogens is 348 g/mol. The number of rotatable bonds is 3. The molecule has 9 nitrogen and oxygen atoms in total. The van der Waals surface area contributed by atoms with Crippen LogP contribution in [0.5, 0.6) is 0 Å². The average Bonchev–Trinajstić information content (AvgIpc) is 2.64. The maximum Gasteiger partial charge on any atom is 1.00 e. The quantitative estimate of drug-likeness (QED) is 0.188. The molecule has 2 amide bonds. The molecule has 2 heterocycles. The van der Waals surface area contributed by atoms with Crippen LogP contribution in [0, 0.1) is 5.41 Å². The first-order chi connectivity index (χ1) is 9.79. The Hall–Kier alpha value is -0.170. The van der Waals surface area contributed by atoms with Gasteiger partial charge in [0, 0.05) is 0 Å². The van der Waals surface area contributed by atoms with Gasteiger partial charge in [0.25, 0.3) is 0 Å². The zero-order chi connectivity index (χ0) is 15.4. The van der Waals surface area contributed by atoms with Crippen molar-refractivity contribution in [3.63, 3.8) is 0 Å². The fourth-order valence-corrected chi connectivity index (χ4v) is 3.10. The first-order valence-electron chi connectivity index (χ1n) is 5.89. The summed E-state index contributed by atoms with van der Waals surface area (Å²) in [6.07, 6.45) is 0. The Morgan fingerprint density at radius 2 is 1.83 bits per heavy atom. The summed E-state index contributed by atoms with van der Waals surface area (Å²) in [5.74, 6) is -0.999. The zero-order valence-corrected chi connectivity index (χ0v) is 17.2. The number of nitrogens with one attached hydrogen (secondary N) is 1. The minimum Gasteiger partial charge on any atom is -0.860 e. The summed E-state index contributed by atoms with van der Waals surface area (Å²) < 4.78 is 36.5. The van der Waals surface area contributed by atoms with Gasteiger partial charge in [-0.1, -0.05) is 24.3 Å². The molecule has 1 fully saturated rings. The second-order valence-electron chi connectivity index (χ2n) is 4.66. The van der Waals surface area contributed by atoms with Gasteiger partial charge in [0.2, 0.25) is 10.4 Å². The van der Waals surface area contributed by atoms with Crippen LogP contribution in [0.15, 0.2) is 24.3 Å². The number of fused-ring (bicyclic) bond motifs is 4. The minimum absolute atomic E-state index is 0. The van der Waals surface area contributed by atoms with Gasteiger partial charge in [-0.05, 0) is 17.0 Å². The number of hydroxylamine groups is 2. The van der Waals surface area contributed by atoms with Gasteiger partial charge < -0.3 is 20.0 Å². The van der Waals surface area contributed by atoms with Crippen molar-refractivity contribution in [2.75, 3.05) is 6.54 Å². The number of hydrogen-bond donors (Lipinski definition) is 1. The summed E-state index contributed by atoms with van der Waals surface area (Å²) >= 11 is 0. The molecule has 112 valence electrons. The number of carbonyl (C=O) groups excluding carboxylic acids is 1. The van der Waals surface area contributed by atoms with Gasteiger partial charge >= 0.3 is 65.1 Å². The average molecular weight is 357 g/mol. The largest absolute Gasteiger partial charge is 1.00 e. The van der Waals surface area contributed by atoms with E-state index in [1.807, 2.05) is 0 Å². The number of amides is 2. The molecule has 0 radical (unpaired) electrons. The van der Waals surface area contributed by atoms with Gasteiger partial charge in [-0.25, -0.2) is 13.2 Å². The van der Waals surface area contributed by atoms with Crippen molar-refractivity contribution in [1.82, 2.24) is 9.96 Å². The van der Waals surface area contributed by atoms with Crippen LogP contribution in [0.4, 0.5) is 4.79 Å². The second-order valence-corrected chi connectivity index (χ2v) is 5.62. The molecular formula is C11H9N3Na2O6S. The molecule has 3 rings (SSSR count). The Kier molecular flexibility index (Phi) is 6.70. The van der Waals surface area contributed by atoms with Crippen molar-refractivity contribution in [3.8, 4) is 0 Å². The topological polar surface area (TPSA) is 137 Å². The molecule has 1 N–H and O–H groups in total. The van der Waals surface area contributed by atoms with E-state index in [1.165, 1.54) is 0 Å². The third kappa shape index (κ3) is 3.75. The van der Waals surface area contributed by atoms with Crippen LogP contribution < -0.4 is 64.2 Å². The van der Waals surface area contributed by atoms with E-state index in [1.54, 1.807) is 24.3 Å². The number of hydrogen-bond acceptors (Lipinski definition) is 7. The van der Waals surface area contributed by atoms with Crippen LogP contribution in [0.25, 0.3) is 0 Å². The van der Waals surface area contributed by atoms with Crippen LogP contribution in [0.1, 0.15) is 23.2 Å². The normalized spacial score (nSPS) is 22.0. The predicted molar refractivity (Wildman–Crippen MR) is 64.4 cm³/mol. The molecule has 0 spiro atoms. The van der Waals surface area contributed by atoms with Gasteiger partial charge in [0.05, 0.1) is 12.6 Å². The molecule has 2 bridgehead atoms. The SMILES string of the molecule is N=C([O-])[C@H]1c2ccccc2[C@@H]2CN1C(=O)N2OS(=O)(=O)[O-].[Na+].[Na+]. The molecule has 0 unspecified atom stereocenters. The van der Waals surface area contributed by atoms with Gasteiger partial charge in [-0.3, -0.25) is 0 Å². The molecule has 1 saturated heterocycles. The molecule has 1 aromatic rings. The number of benzene rings is 1. The van der Waals surface area contributed by atoms with Crippen molar-refractivity contribution in [2.45, 2.75) is 12.1 Å². The monoisotopic (exact) mass is 357 g/mol. The molecule has 0 aromatic heterocycles. The van der Waals surface area contributed by atoms with Crippen LogP contribution in [0.2, 0.25) is 0 Å². The molecule has 23 heavy (non-hydrogen) atoms. The van der Waals surface area contributed by atoms with Crippen molar-refractivity contribution < 1.29 is 86.3 Å². The van der Waals surface area contributed by atoms with E-state index >= 15 is 0 Å². The molecule has 1 aromatic carbocycles. The maximum atomic E-state index is 12.1. The van der Waals surface area contributed by atoms with Crippen molar-refractivity contribution in [1.29, 1.82) is 5.41 Å². The van der Waals surface area contributed by atoms with E-state index in [9.17, 15) is 22.9 Å². The molecule has 0 aliphatic carbocycles. The Bertz CT molecular complexity index is 743. The van der Waals surface area contributed by atoms with E-state index in [4.69, 9.17) is 5.41 Å². The van der Waals surface area contributed by atoms with E-state index in [2.05, 4.69) is 4.28 Å². The van der Waals surface area contributed by atoms with E-state index in [0.717, 1.165) is 4.90 Å². The molecule has 2 atom stereocenters. The summed E-state index contributed by atoms with van der Waals surface area (Å²) in [7, 11) is -5.12. The first kappa shape index (κ1) is 20.9. The second kappa shape index (κ2) is 7.38. The number of nitrogens with zero attached hydrogens (tertiary/aromatic N) is 2. The predicted octanol–water partition coefficient (Wildman–Crippen LogP) is -6.74. The number of urea groups is 1. The van der Waals surface area contributed by atoms with Gasteiger partial charge in [-0.15, -0.1) is 0 Å². The van der Waals surface area contributed by atoms with E-state index in [-0.39, 0.29) is 65.7 Å². The van der Waals surface area contributed by atoms with Crippen molar-refractivity contribution in [3.05, 3.63) is 35.4 Å². The third-order valence-electron chi connectivity index (χ3n) is 3.47. The zero-order valence-electron chi connectivity index (χ0n) is 12.4. The molecule has 0 saturated carbocycles. The van der Waals surface area contributed by atoms with Crippen LogP contribution in [-0.4, -0.2) is 41.4 Å². The van der Waals surface area contributed by atoms with Gasteiger partial charge in [-0.2, -0.15) is 9.35 Å². The minimum atomic E-state index is -5.12. The Labute approximate surface area is 176 Å². The fraction of sp³-hybridized carbons (Fsp3) is 0.273. The third-order valence-corrected chi connectivity index (χ3v) is 3.81. The van der Waals surface area contributed by atoms with Gasteiger partial charge in [0.15, 0.2) is 0 Å². The summed E-state index contributed by atoms with van der Waals surface area (Å²) in [6.45, 7) is -0.0271. The van der Waals surface area contributed by atoms with E-state index < -0.39 is 34.4 Å². The first-order valence-corrected chi connectivity index (χ1v) is 7.22. The Morgan fingerprint density at radius 3 is 2.35 bits per heavy atom. The molecule has 2 aliphatic rings. The Morgan fingerprint density at radius 1 is 1.26 bits per heavy atom. The van der Waals surface area contributed by atoms with Crippen LogP contribution >= 0.6 is 0 Å².